The van der Waals surface area contributed by atoms with Gasteiger partial charge >= 0.3 is 0 Å². The first-order valence-electron chi connectivity index (χ1n) is 12.1. The summed E-state index contributed by atoms with van der Waals surface area (Å²) in [6.07, 6.45) is 9.11. The second-order valence-electron chi connectivity index (χ2n) is 8.67. The van der Waals surface area contributed by atoms with E-state index >= 15 is 0 Å². The molecule has 1 fully saturated rings. The summed E-state index contributed by atoms with van der Waals surface area (Å²) in [5, 5.41) is 4.87. The zero-order valence-corrected chi connectivity index (χ0v) is 20.3. The molecule has 0 radical (unpaired) electrons. The first kappa shape index (κ1) is 23.4. The molecule has 0 atom stereocenters. The van der Waals surface area contributed by atoms with Gasteiger partial charge in [-0.25, -0.2) is 0 Å². The number of pyridine rings is 1. The Balaban J connectivity index is 1.35. The zero-order chi connectivity index (χ0) is 24.7. The molecule has 7 nitrogen and oxygen atoms in total. The number of para-hydroxylation sites is 1. The molecule has 0 N–H and O–H groups in total. The molecule has 1 amide bonds. The number of benzene rings is 2. The second-order valence-corrected chi connectivity index (χ2v) is 8.67. The third kappa shape index (κ3) is 5.30. The quantitative estimate of drug-likeness (QED) is 0.369. The van der Waals surface area contributed by atoms with Crippen LogP contribution in [0.1, 0.15) is 11.1 Å². The van der Waals surface area contributed by atoms with E-state index < -0.39 is 0 Å². The van der Waals surface area contributed by atoms with E-state index in [1.165, 1.54) is 0 Å². The minimum Gasteiger partial charge on any atom is -0.496 e. The van der Waals surface area contributed by atoms with Crippen molar-refractivity contribution in [1.29, 1.82) is 0 Å². The van der Waals surface area contributed by atoms with E-state index in [2.05, 4.69) is 22.0 Å². The summed E-state index contributed by atoms with van der Waals surface area (Å²) in [4.78, 5) is 21.3. The Bertz CT molecular complexity index is 1330. The average molecular weight is 480 g/mol. The van der Waals surface area contributed by atoms with Gasteiger partial charge in [0.1, 0.15) is 11.4 Å². The molecule has 2 aromatic heterocycles. The Morgan fingerprint density at radius 1 is 0.944 bits per heavy atom. The van der Waals surface area contributed by atoms with Crippen LogP contribution in [0.4, 0.5) is 5.69 Å². The highest BCUT2D eigenvalue weighted by atomic mass is 16.5. The molecule has 0 saturated carbocycles. The van der Waals surface area contributed by atoms with Crippen LogP contribution in [-0.4, -0.2) is 58.9 Å². The number of aromatic nitrogens is 3. The minimum absolute atomic E-state index is 0.00571. The van der Waals surface area contributed by atoms with Gasteiger partial charge in [0, 0.05) is 67.7 Å². The average Bonchev–Trinajstić information content (AvgIpc) is 3.35. The fraction of sp³-hybridized carbons (Fsp3) is 0.207. The number of hydrogen-bond donors (Lipinski definition) is 0. The van der Waals surface area contributed by atoms with Crippen molar-refractivity contribution in [3.05, 3.63) is 103 Å². The van der Waals surface area contributed by atoms with Crippen LogP contribution in [0.3, 0.4) is 0 Å². The first-order valence-corrected chi connectivity index (χ1v) is 12.1. The van der Waals surface area contributed by atoms with Crippen molar-refractivity contribution in [2.24, 2.45) is 0 Å². The maximum Gasteiger partial charge on any atom is 0.246 e. The molecule has 2 aromatic carbocycles. The van der Waals surface area contributed by atoms with E-state index in [1.807, 2.05) is 76.5 Å². The molecule has 3 heterocycles. The number of anilines is 1. The van der Waals surface area contributed by atoms with Gasteiger partial charge in [-0.2, -0.15) is 5.10 Å². The summed E-state index contributed by atoms with van der Waals surface area (Å²) >= 11 is 0. The number of ether oxygens (including phenoxy) is 1. The highest BCUT2D eigenvalue weighted by molar-refractivity contribution is 5.93. The van der Waals surface area contributed by atoms with E-state index in [0.717, 1.165) is 46.9 Å². The van der Waals surface area contributed by atoms with Crippen LogP contribution in [0.2, 0.25) is 0 Å². The van der Waals surface area contributed by atoms with Gasteiger partial charge in [-0.1, -0.05) is 42.5 Å². The monoisotopic (exact) mass is 479 g/mol. The molecule has 7 heteroatoms. The lowest BCUT2D eigenvalue weighted by atomic mass is 10.1. The minimum atomic E-state index is 0.00571. The molecule has 182 valence electrons. The smallest absolute Gasteiger partial charge is 0.246 e. The number of methoxy groups -OCH3 is 1. The molecular weight excluding hydrogens is 450 g/mol. The highest BCUT2D eigenvalue weighted by Crippen LogP contribution is 2.32. The lowest BCUT2D eigenvalue weighted by Crippen LogP contribution is -2.48. The van der Waals surface area contributed by atoms with E-state index in [4.69, 9.17) is 9.84 Å². The van der Waals surface area contributed by atoms with Crippen molar-refractivity contribution in [3.63, 3.8) is 0 Å². The maximum absolute atomic E-state index is 13.0. The third-order valence-corrected chi connectivity index (χ3v) is 6.36. The van der Waals surface area contributed by atoms with Crippen LogP contribution in [0, 0.1) is 0 Å². The Hall–Kier alpha value is -4.39. The Morgan fingerprint density at radius 2 is 1.67 bits per heavy atom. The summed E-state index contributed by atoms with van der Waals surface area (Å²) in [5.41, 5.74) is 4.85. The predicted molar refractivity (Wildman–Crippen MR) is 142 cm³/mol. The van der Waals surface area contributed by atoms with Crippen LogP contribution >= 0.6 is 0 Å². The van der Waals surface area contributed by atoms with Gasteiger partial charge in [0.2, 0.25) is 5.91 Å². The zero-order valence-electron chi connectivity index (χ0n) is 20.3. The molecule has 0 bridgehead atoms. The molecule has 0 spiro atoms. The molecule has 0 unspecified atom stereocenters. The van der Waals surface area contributed by atoms with Crippen LogP contribution in [0.5, 0.6) is 5.75 Å². The van der Waals surface area contributed by atoms with Gasteiger partial charge in [-0.15, -0.1) is 0 Å². The normalized spacial score (nSPS) is 13.8. The van der Waals surface area contributed by atoms with Gasteiger partial charge in [-0.05, 0) is 35.9 Å². The Kier molecular flexibility index (Phi) is 7.07. The van der Waals surface area contributed by atoms with Crippen LogP contribution in [-0.2, 0) is 11.3 Å². The summed E-state index contributed by atoms with van der Waals surface area (Å²) in [7, 11) is 1.66. The topological polar surface area (TPSA) is 63.5 Å². The summed E-state index contributed by atoms with van der Waals surface area (Å²) in [6.45, 7) is 3.59. The molecule has 1 saturated heterocycles. The Labute approximate surface area is 211 Å². The molecular formula is C29H29N5O2. The summed E-state index contributed by atoms with van der Waals surface area (Å²) < 4.78 is 7.50. The number of carbonyl (C=O) groups excluding carboxylic acids is 1. The molecule has 36 heavy (non-hydrogen) atoms. The molecule has 4 aromatic rings. The third-order valence-electron chi connectivity index (χ3n) is 6.36. The lowest BCUT2D eigenvalue weighted by Gasteiger charge is -2.35. The van der Waals surface area contributed by atoms with Gasteiger partial charge in [-0.3, -0.25) is 14.5 Å². The number of rotatable bonds is 7. The largest absolute Gasteiger partial charge is 0.496 e. The first-order chi connectivity index (χ1) is 17.7. The van der Waals surface area contributed by atoms with E-state index in [0.29, 0.717) is 19.6 Å². The highest BCUT2D eigenvalue weighted by Gasteiger charge is 2.20. The predicted octanol–water partition coefficient (Wildman–Crippen LogP) is 4.36. The summed E-state index contributed by atoms with van der Waals surface area (Å²) in [5.74, 6) is 0.752. The van der Waals surface area contributed by atoms with Crippen molar-refractivity contribution in [3.8, 4) is 17.0 Å². The van der Waals surface area contributed by atoms with Gasteiger partial charge in [0.05, 0.1) is 13.7 Å². The van der Waals surface area contributed by atoms with Crippen LogP contribution < -0.4 is 9.64 Å². The second kappa shape index (κ2) is 10.9. The van der Waals surface area contributed by atoms with Crippen molar-refractivity contribution in [2.45, 2.75) is 6.54 Å². The van der Waals surface area contributed by atoms with Crippen molar-refractivity contribution in [1.82, 2.24) is 19.7 Å². The molecule has 5 rings (SSSR count). The van der Waals surface area contributed by atoms with Gasteiger partial charge in [0.25, 0.3) is 0 Å². The van der Waals surface area contributed by atoms with Crippen molar-refractivity contribution in [2.75, 3.05) is 38.2 Å². The fourth-order valence-electron chi connectivity index (χ4n) is 4.47. The molecule has 1 aliphatic rings. The lowest BCUT2D eigenvalue weighted by molar-refractivity contribution is -0.126. The van der Waals surface area contributed by atoms with E-state index in [-0.39, 0.29) is 5.91 Å². The van der Waals surface area contributed by atoms with Crippen LogP contribution in [0.15, 0.2) is 91.4 Å². The summed E-state index contributed by atoms with van der Waals surface area (Å²) in [6, 6.07) is 22.0. The number of hydrogen-bond acceptors (Lipinski definition) is 5. The van der Waals surface area contributed by atoms with Gasteiger partial charge < -0.3 is 14.5 Å². The number of amides is 1. The van der Waals surface area contributed by atoms with E-state index in [1.54, 1.807) is 25.6 Å². The number of carbonyl (C=O) groups is 1. The number of nitrogens with zero attached hydrogens (tertiary/aromatic N) is 5. The van der Waals surface area contributed by atoms with Gasteiger partial charge in [0.15, 0.2) is 0 Å². The fourth-order valence-corrected chi connectivity index (χ4v) is 4.47. The molecule has 1 aliphatic heterocycles. The standard InChI is InChI=1S/C29H29N5O2/c1-36-27-10-6-5-9-26(27)29-24(22-34(31-29)21-23-7-3-2-4-8-23)11-12-28(35)33-19-17-32(18-20-33)25-13-15-30-16-14-25/h2-16,22H,17-21H2,1H3/b12-11+. The van der Waals surface area contributed by atoms with Crippen LogP contribution in [0.25, 0.3) is 17.3 Å². The van der Waals surface area contributed by atoms with Crippen molar-refractivity contribution >= 4 is 17.7 Å². The Morgan fingerprint density at radius 3 is 2.42 bits per heavy atom. The van der Waals surface area contributed by atoms with Crippen molar-refractivity contribution < 1.29 is 9.53 Å². The maximum atomic E-state index is 13.0. The SMILES string of the molecule is COc1ccccc1-c1nn(Cc2ccccc2)cc1/C=C/C(=O)N1CCN(c2ccncc2)CC1. The number of piperazine rings is 1. The van der Waals surface area contributed by atoms with E-state index in [9.17, 15) is 4.79 Å². The molecule has 0 aliphatic carbocycles.